The summed E-state index contributed by atoms with van der Waals surface area (Å²) in [6.45, 7) is 2.42. The molecule has 126 valence electrons. The first-order chi connectivity index (χ1) is 11.2. The van der Waals surface area contributed by atoms with Crippen molar-refractivity contribution in [2.24, 2.45) is 0 Å². The third kappa shape index (κ3) is 10.2. The van der Waals surface area contributed by atoms with Gasteiger partial charge in [-0.15, -0.1) is 0 Å². The lowest BCUT2D eigenvalue weighted by molar-refractivity contribution is 0.0556. The lowest BCUT2D eigenvalue weighted by Gasteiger charge is -2.00. The Morgan fingerprint density at radius 2 is 1.57 bits per heavy atom. The Labute approximate surface area is 149 Å². The van der Waals surface area contributed by atoms with E-state index in [1.165, 1.54) is 44.9 Å². The Morgan fingerprint density at radius 3 is 2.22 bits per heavy atom. The zero-order chi connectivity index (χ0) is 16.8. The summed E-state index contributed by atoms with van der Waals surface area (Å²) in [6.07, 6.45) is 11.4. The number of hydrogen-bond donors (Lipinski definition) is 0. The van der Waals surface area contributed by atoms with Gasteiger partial charge in [0.2, 0.25) is 0 Å². The van der Waals surface area contributed by atoms with Crippen molar-refractivity contribution < 1.29 is 9.53 Å². The number of carbonyl (C=O) groups excluding carboxylic acids is 1. The second kappa shape index (κ2) is 13.2. The lowest BCUT2D eigenvalue weighted by atomic mass is 10.1. The van der Waals surface area contributed by atoms with Crippen molar-refractivity contribution in [1.29, 1.82) is 0 Å². The van der Waals surface area contributed by atoms with Crippen LogP contribution in [0.5, 0.6) is 0 Å². The van der Waals surface area contributed by atoms with Gasteiger partial charge in [-0.25, -0.2) is 4.79 Å². The molecule has 0 aliphatic rings. The molecule has 0 aliphatic carbocycles. The second-order valence-electron chi connectivity index (χ2n) is 5.66. The molecule has 2 nitrogen and oxygen atoms in total. The number of rotatable bonds is 10. The third-order valence-corrected chi connectivity index (χ3v) is 4.16. The molecule has 1 aromatic carbocycles. The van der Waals surface area contributed by atoms with Crippen molar-refractivity contribution in [3.63, 3.8) is 0 Å². The van der Waals surface area contributed by atoms with Crippen molar-refractivity contribution >= 4 is 21.9 Å². The van der Waals surface area contributed by atoms with Crippen LogP contribution in [0.2, 0.25) is 0 Å². The summed E-state index contributed by atoms with van der Waals surface area (Å²) in [6, 6.07) is 7.12. The molecular weight excluding hydrogens is 352 g/mol. The summed E-state index contributed by atoms with van der Waals surface area (Å²) in [5, 5.41) is 0. The van der Waals surface area contributed by atoms with Gasteiger partial charge in [0, 0.05) is 10.9 Å². The van der Waals surface area contributed by atoms with Crippen LogP contribution < -0.4 is 0 Å². The van der Waals surface area contributed by atoms with Crippen LogP contribution in [-0.2, 0) is 4.74 Å². The van der Waals surface area contributed by atoms with E-state index in [-0.39, 0.29) is 12.6 Å². The summed E-state index contributed by atoms with van der Waals surface area (Å²) in [5.41, 5.74) is 0.554. The van der Waals surface area contributed by atoms with Gasteiger partial charge in [0.15, 0.2) is 6.61 Å². The van der Waals surface area contributed by atoms with E-state index in [4.69, 9.17) is 4.74 Å². The van der Waals surface area contributed by atoms with E-state index >= 15 is 0 Å². The van der Waals surface area contributed by atoms with Gasteiger partial charge in [-0.05, 0) is 30.7 Å². The smallest absolute Gasteiger partial charge is 0.339 e. The number of ether oxygens (including phenoxy) is 1. The zero-order valence-electron chi connectivity index (χ0n) is 14.1. The molecule has 0 aromatic heterocycles. The zero-order valence-corrected chi connectivity index (χ0v) is 15.7. The highest BCUT2D eigenvalue weighted by molar-refractivity contribution is 9.10. The average molecular weight is 379 g/mol. The largest absolute Gasteiger partial charge is 0.449 e. The Kier molecular flexibility index (Phi) is 11.3. The molecule has 0 spiro atoms. The lowest BCUT2D eigenvalue weighted by Crippen LogP contribution is -2.04. The molecule has 23 heavy (non-hydrogen) atoms. The highest BCUT2D eigenvalue weighted by Crippen LogP contribution is 2.11. The topological polar surface area (TPSA) is 26.3 Å². The highest BCUT2D eigenvalue weighted by Gasteiger charge is 2.04. The normalized spacial score (nSPS) is 10.0. The average Bonchev–Trinajstić information content (AvgIpc) is 2.56. The van der Waals surface area contributed by atoms with Crippen molar-refractivity contribution in [2.45, 2.75) is 64.7 Å². The highest BCUT2D eigenvalue weighted by atomic mass is 79.9. The van der Waals surface area contributed by atoms with Gasteiger partial charge in [-0.3, -0.25) is 0 Å². The van der Waals surface area contributed by atoms with Gasteiger partial charge in [0.05, 0.1) is 5.56 Å². The minimum atomic E-state index is -0.320. The van der Waals surface area contributed by atoms with Gasteiger partial charge < -0.3 is 4.74 Å². The molecule has 0 fully saturated rings. The predicted molar refractivity (Wildman–Crippen MR) is 99.4 cm³/mol. The van der Waals surface area contributed by atoms with Crippen molar-refractivity contribution in [2.75, 3.05) is 6.61 Å². The van der Waals surface area contributed by atoms with Gasteiger partial charge in [0.25, 0.3) is 0 Å². The fourth-order valence-corrected chi connectivity index (χ4v) is 2.52. The standard InChI is InChI=1S/C20H27BrO2/c1-2-3-4-5-6-7-8-9-10-11-12-17-23-20(22)18-13-15-19(21)16-14-18/h13-16H,2-10,17H2,1H3. The van der Waals surface area contributed by atoms with Crippen molar-refractivity contribution in [3.05, 3.63) is 34.3 Å². The maximum Gasteiger partial charge on any atom is 0.339 e. The molecule has 0 saturated carbocycles. The van der Waals surface area contributed by atoms with Gasteiger partial charge in [-0.1, -0.05) is 79.6 Å². The van der Waals surface area contributed by atoms with Gasteiger partial charge in [0.1, 0.15) is 0 Å². The number of carbonyl (C=O) groups is 1. The minimum absolute atomic E-state index is 0.173. The summed E-state index contributed by atoms with van der Waals surface area (Å²) in [4.78, 5) is 11.7. The SMILES string of the molecule is CCCCCCCCCCC#CCOC(=O)c1ccc(Br)cc1. The maximum absolute atomic E-state index is 11.7. The fourth-order valence-electron chi connectivity index (χ4n) is 2.26. The molecule has 0 aliphatic heterocycles. The summed E-state index contributed by atoms with van der Waals surface area (Å²) in [7, 11) is 0. The number of esters is 1. The van der Waals surface area contributed by atoms with E-state index in [0.29, 0.717) is 5.56 Å². The number of hydrogen-bond acceptors (Lipinski definition) is 2. The first kappa shape index (κ1) is 19.8. The molecule has 0 atom stereocenters. The molecule has 0 radical (unpaired) electrons. The predicted octanol–water partition coefficient (Wildman–Crippen LogP) is 6.14. The Morgan fingerprint density at radius 1 is 0.957 bits per heavy atom. The van der Waals surface area contributed by atoms with Crippen LogP contribution >= 0.6 is 15.9 Å². The summed E-state index contributed by atoms with van der Waals surface area (Å²) in [5.74, 6) is 5.67. The molecule has 0 unspecified atom stereocenters. The molecule has 0 saturated heterocycles. The van der Waals surface area contributed by atoms with Crippen LogP contribution in [0.25, 0.3) is 0 Å². The second-order valence-corrected chi connectivity index (χ2v) is 6.58. The Balaban J connectivity index is 2.01. The van der Waals surface area contributed by atoms with E-state index in [0.717, 1.165) is 17.3 Å². The number of unbranched alkanes of at least 4 members (excludes halogenated alkanes) is 8. The molecule has 0 bridgehead atoms. The monoisotopic (exact) mass is 378 g/mol. The molecule has 0 heterocycles. The van der Waals surface area contributed by atoms with Gasteiger partial charge >= 0.3 is 5.97 Å². The number of halogens is 1. The first-order valence-electron chi connectivity index (χ1n) is 8.62. The molecule has 1 aromatic rings. The molecule has 0 N–H and O–H groups in total. The molecule has 0 amide bonds. The molecular formula is C20H27BrO2. The maximum atomic E-state index is 11.7. The molecule has 1 rings (SSSR count). The Bertz CT molecular complexity index is 497. The fraction of sp³-hybridized carbons (Fsp3) is 0.550. The van der Waals surface area contributed by atoms with Crippen LogP contribution in [0.3, 0.4) is 0 Å². The van der Waals surface area contributed by atoms with Crippen LogP contribution in [0.4, 0.5) is 0 Å². The van der Waals surface area contributed by atoms with Crippen LogP contribution in [0, 0.1) is 11.8 Å². The van der Waals surface area contributed by atoms with Crippen LogP contribution in [-0.4, -0.2) is 12.6 Å². The number of benzene rings is 1. The summed E-state index contributed by atoms with van der Waals surface area (Å²) >= 11 is 3.33. The summed E-state index contributed by atoms with van der Waals surface area (Å²) < 4.78 is 6.07. The van der Waals surface area contributed by atoms with Gasteiger partial charge in [-0.2, -0.15) is 0 Å². The first-order valence-corrected chi connectivity index (χ1v) is 9.41. The van der Waals surface area contributed by atoms with E-state index in [1.807, 2.05) is 12.1 Å². The van der Waals surface area contributed by atoms with Crippen molar-refractivity contribution in [1.82, 2.24) is 0 Å². The van der Waals surface area contributed by atoms with E-state index in [2.05, 4.69) is 34.7 Å². The van der Waals surface area contributed by atoms with E-state index in [9.17, 15) is 4.79 Å². The third-order valence-electron chi connectivity index (χ3n) is 3.64. The quantitative estimate of drug-likeness (QED) is 0.277. The minimum Gasteiger partial charge on any atom is -0.449 e. The van der Waals surface area contributed by atoms with Crippen LogP contribution in [0.1, 0.15) is 75.1 Å². The van der Waals surface area contributed by atoms with Crippen molar-refractivity contribution in [3.8, 4) is 11.8 Å². The molecule has 3 heteroatoms. The van der Waals surface area contributed by atoms with E-state index in [1.54, 1.807) is 12.1 Å². The van der Waals surface area contributed by atoms with E-state index < -0.39 is 0 Å². The Hall–Kier alpha value is -1.27. The van der Waals surface area contributed by atoms with Crippen LogP contribution in [0.15, 0.2) is 28.7 Å².